The van der Waals surface area contributed by atoms with E-state index in [1.54, 1.807) is 0 Å². The SMILES string of the molecule is COC(=O)Cn1cnc2c(cnn2-c2ccc(F)cc2)c1=O. The Balaban J connectivity index is 2.09. The van der Waals surface area contributed by atoms with Crippen LogP contribution in [-0.4, -0.2) is 32.4 Å². The van der Waals surface area contributed by atoms with Crippen LogP contribution in [0.3, 0.4) is 0 Å². The van der Waals surface area contributed by atoms with Gasteiger partial charge in [0.2, 0.25) is 0 Å². The van der Waals surface area contributed by atoms with Crippen molar-refractivity contribution >= 4 is 17.0 Å². The van der Waals surface area contributed by atoms with Gasteiger partial charge in [0, 0.05) is 0 Å². The Kier molecular flexibility index (Phi) is 3.42. The van der Waals surface area contributed by atoms with Gasteiger partial charge in [0.1, 0.15) is 24.1 Å². The van der Waals surface area contributed by atoms with Crippen molar-refractivity contribution < 1.29 is 13.9 Å². The number of ether oxygens (including phenoxy) is 1. The van der Waals surface area contributed by atoms with E-state index in [1.807, 2.05) is 0 Å². The third-order valence-corrected chi connectivity index (χ3v) is 3.15. The van der Waals surface area contributed by atoms with Gasteiger partial charge in [0.25, 0.3) is 5.56 Å². The summed E-state index contributed by atoms with van der Waals surface area (Å²) >= 11 is 0. The smallest absolute Gasteiger partial charge is 0.325 e. The van der Waals surface area contributed by atoms with Crippen molar-refractivity contribution in [3.05, 3.63) is 53.0 Å². The number of carbonyl (C=O) groups excluding carboxylic acids is 1. The van der Waals surface area contributed by atoms with Crippen molar-refractivity contribution in [3.8, 4) is 5.69 Å². The molecule has 112 valence electrons. The van der Waals surface area contributed by atoms with Crippen molar-refractivity contribution in [2.24, 2.45) is 0 Å². The van der Waals surface area contributed by atoms with Gasteiger partial charge in [-0.1, -0.05) is 0 Å². The first-order chi connectivity index (χ1) is 10.6. The summed E-state index contributed by atoms with van der Waals surface area (Å²) in [5.41, 5.74) is 0.510. The molecule has 0 bridgehead atoms. The largest absolute Gasteiger partial charge is 0.468 e. The Hall–Kier alpha value is -3.03. The molecule has 0 saturated heterocycles. The monoisotopic (exact) mass is 302 g/mol. The molecule has 0 spiro atoms. The molecule has 0 fully saturated rings. The second-order valence-corrected chi connectivity index (χ2v) is 4.52. The third kappa shape index (κ3) is 2.34. The molecule has 0 unspecified atom stereocenters. The maximum absolute atomic E-state index is 13.0. The summed E-state index contributed by atoms with van der Waals surface area (Å²) in [6.07, 6.45) is 2.62. The number of hydrogen-bond donors (Lipinski definition) is 0. The molecule has 2 heterocycles. The molecular formula is C14H11FN4O3. The van der Waals surface area contributed by atoms with Gasteiger partial charge in [-0.2, -0.15) is 5.10 Å². The van der Waals surface area contributed by atoms with Gasteiger partial charge in [0.05, 0.1) is 19.0 Å². The Morgan fingerprint density at radius 3 is 2.73 bits per heavy atom. The molecule has 0 atom stereocenters. The number of carbonyl (C=O) groups is 1. The highest BCUT2D eigenvalue weighted by Crippen LogP contribution is 2.14. The topological polar surface area (TPSA) is 79.0 Å². The second kappa shape index (κ2) is 5.40. The normalized spacial score (nSPS) is 10.8. The van der Waals surface area contributed by atoms with Crippen LogP contribution in [0.25, 0.3) is 16.7 Å². The second-order valence-electron chi connectivity index (χ2n) is 4.52. The van der Waals surface area contributed by atoms with Gasteiger partial charge in [-0.15, -0.1) is 0 Å². The van der Waals surface area contributed by atoms with Gasteiger partial charge < -0.3 is 4.74 Å². The van der Waals surface area contributed by atoms with Crippen LogP contribution in [0.2, 0.25) is 0 Å². The molecular weight excluding hydrogens is 291 g/mol. The number of benzene rings is 1. The molecule has 7 nitrogen and oxygen atoms in total. The highest BCUT2D eigenvalue weighted by atomic mass is 19.1. The number of nitrogens with zero attached hydrogens (tertiary/aromatic N) is 4. The number of aromatic nitrogens is 4. The lowest BCUT2D eigenvalue weighted by Crippen LogP contribution is -2.25. The van der Waals surface area contributed by atoms with Crippen LogP contribution in [0.5, 0.6) is 0 Å². The first-order valence-electron chi connectivity index (χ1n) is 6.36. The highest BCUT2D eigenvalue weighted by molar-refractivity contribution is 5.75. The summed E-state index contributed by atoms with van der Waals surface area (Å²) in [6.45, 7) is -0.222. The summed E-state index contributed by atoms with van der Waals surface area (Å²) in [6, 6.07) is 5.65. The molecule has 0 aliphatic heterocycles. The van der Waals surface area contributed by atoms with Crippen LogP contribution >= 0.6 is 0 Å². The summed E-state index contributed by atoms with van der Waals surface area (Å²) in [5, 5.41) is 4.36. The van der Waals surface area contributed by atoms with Crippen LogP contribution in [0.4, 0.5) is 4.39 Å². The Bertz CT molecular complexity index is 899. The van der Waals surface area contributed by atoms with E-state index in [0.29, 0.717) is 11.3 Å². The standard InChI is InChI=1S/C14H11FN4O3/c1-22-12(20)7-18-8-16-13-11(14(18)21)6-17-19(13)10-4-2-9(15)3-5-10/h2-6,8H,7H2,1H3. The predicted octanol–water partition coefficient (Wildman–Crippen LogP) is 0.894. The Morgan fingerprint density at radius 1 is 1.32 bits per heavy atom. The van der Waals surface area contributed by atoms with E-state index in [0.717, 1.165) is 4.57 Å². The van der Waals surface area contributed by atoms with Crippen molar-refractivity contribution in [1.82, 2.24) is 19.3 Å². The summed E-state index contributed by atoms with van der Waals surface area (Å²) in [4.78, 5) is 27.7. The average molecular weight is 302 g/mol. The van der Waals surface area contributed by atoms with Gasteiger partial charge in [-0.25, -0.2) is 14.1 Å². The molecule has 22 heavy (non-hydrogen) atoms. The molecule has 0 aliphatic carbocycles. The van der Waals surface area contributed by atoms with Crippen molar-refractivity contribution in [3.63, 3.8) is 0 Å². The van der Waals surface area contributed by atoms with E-state index in [-0.39, 0.29) is 17.7 Å². The minimum Gasteiger partial charge on any atom is -0.468 e. The first-order valence-corrected chi connectivity index (χ1v) is 6.36. The van der Waals surface area contributed by atoms with Gasteiger partial charge in [-0.05, 0) is 24.3 Å². The average Bonchev–Trinajstić information content (AvgIpc) is 2.95. The van der Waals surface area contributed by atoms with Gasteiger partial charge in [-0.3, -0.25) is 14.2 Å². The van der Waals surface area contributed by atoms with Crippen molar-refractivity contribution in [2.75, 3.05) is 7.11 Å². The molecule has 0 saturated carbocycles. The minimum atomic E-state index is -0.547. The fourth-order valence-electron chi connectivity index (χ4n) is 2.04. The fraction of sp³-hybridized carbons (Fsp3) is 0.143. The molecule has 0 aliphatic rings. The predicted molar refractivity (Wildman–Crippen MR) is 75.1 cm³/mol. The van der Waals surface area contributed by atoms with Crippen LogP contribution < -0.4 is 5.56 Å². The highest BCUT2D eigenvalue weighted by Gasteiger charge is 2.13. The van der Waals surface area contributed by atoms with Crippen LogP contribution in [0.1, 0.15) is 0 Å². The number of rotatable bonds is 3. The van der Waals surface area contributed by atoms with Crippen molar-refractivity contribution in [2.45, 2.75) is 6.54 Å². The molecule has 1 aromatic carbocycles. The number of fused-ring (bicyclic) bond motifs is 1. The number of methoxy groups -OCH3 is 1. The minimum absolute atomic E-state index is 0.222. The van der Waals surface area contributed by atoms with Crippen molar-refractivity contribution in [1.29, 1.82) is 0 Å². The zero-order valence-corrected chi connectivity index (χ0v) is 11.6. The van der Waals surface area contributed by atoms with Gasteiger partial charge in [0.15, 0.2) is 5.65 Å². The molecule has 2 aromatic heterocycles. The fourth-order valence-corrected chi connectivity index (χ4v) is 2.04. The van der Waals surface area contributed by atoms with Crippen LogP contribution in [0.15, 0.2) is 41.6 Å². The van der Waals surface area contributed by atoms with Crippen LogP contribution in [0, 0.1) is 5.82 Å². The number of halogens is 1. The lowest BCUT2D eigenvalue weighted by atomic mass is 10.3. The summed E-state index contributed by atoms with van der Waals surface area (Å²) in [5.74, 6) is -0.914. The lowest BCUT2D eigenvalue weighted by molar-refractivity contribution is -0.141. The summed E-state index contributed by atoms with van der Waals surface area (Å²) in [7, 11) is 1.24. The van der Waals surface area contributed by atoms with E-state index >= 15 is 0 Å². The molecule has 0 radical (unpaired) electrons. The molecule has 8 heteroatoms. The Morgan fingerprint density at radius 2 is 2.05 bits per heavy atom. The zero-order chi connectivity index (χ0) is 15.7. The van der Waals surface area contributed by atoms with E-state index < -0.39 is 11.5 Å². The maximum atomic E-state index is 13.0. The molecule has 3 rings (SSSR count). The zero-order valence-electron chi connectivity index (χ0n) is 11.6. The Labute approximate surface area is 123 Å². The van der Waals surface area contributed by atoms with Crippen LogP contribution in [-0.2, 0) is 16.1 Å². The quantitative estimate of drug-likeness (QED) is 0.671. The van der Waals surface area contributed by atoms with Gasteiger partial charge >= 0.3 is 5.97 Å². The lowest BCUT2D eigenvalue weighted by Gasteiger charge is -2.05. The number of hydrogen-bond acceptors (Lipinski definition) is 5. The van der Waals surface area contributed by atoms with E-state index in [9.17, 15) is 14.0 Å². The van der Waals surface area contributed by atoms with E-state index in [4.69, 9.17) is 0 Å². The molecule has 0 N–H and O–H groups in total. The molecule has 3 aromatic rings. The third-order valence-electron chi connectivity index (χ3n) is 3.15. The molecule has 0 amide bonds. The summed E-state index contributed by atoms with van der Waals surface area (Å²) < 4.78 is 20.1. The first kappa shape index (κ1) is 13.9. The van der Waals surface area contributed by atoms with E-state index in [2.05, 4.69) is 14.8 Å². The maximum Gasteiger partial charge on any atom is 0.325 e. The van der Waals surface area contributed by atoms with E-state index in [1.165, 1.54) is 48.6 Å². The number of esters is 1.